The van der Waals surface area contributed by atoms with Crippen molar-refractivity contribution in [2.45, 2.75) is 6.54 Å². The van der Waals surface area contributed by atoms with Crippen molar-refractivity contribution in [2.75, 3.05) is 0 Å². The molecule has 12 heteroatoms. The van der Waals surface area contributed by atoms with Crippen LogP contribution in [0.5, 0.6) is 11.5 Å². The third-order valence-electron chi connectivity index (χ3n) is 4.94. The number of thioether (sulfide) groups is 1. The normalized spacial score (nSPS) is 14.4. The van der Waals surface area contributed by atoms with Crippen LogP contribution in [0, 0.1) is 20.2 Å². The zero-order valence-corrected chi connectivity index (χ0v) is 19.2. The van der Waals surface area contributed by atoms with Crippen LogP contribution in [0.25, 0.3) is 6.08 Å². The Morgan fingerprint density at radius 3 is 2.37 bits per heavy atom. The van der Waals surface area contributed by atoms with Gasteiger partial charge in [-0.3, -0.25) is 34.7 Å². The Kier molecular flexibility index (Phi) is 6.80. The molecule has 3 aromatic carbocycles. The van der Waals surface area contributed by atoms with Crippen LogP contribution in [0.2, 0.25) is 5.02 Å². The van der Waals surface area contributed by atoms with Crippen molar-refractivity contribution in [1.29, 1.82) is 0 Å². The SMILES string of the molecule is O=C1S/C(=C/c2ccccc2Oc2ccc([N+](=O)[O-])cc2[N+](=O)[O-])C(=O)N1Cc1ccccc1Cl. The molecule has 1 fully saturated rings. The van der Waals surface area contributed by atoms with Gasteiger partial charge in [0.1, 0.15) is 5.75 Å². The minimum Gasteiger partial charge on any atom is -0.449 e. The molecule has 0 spiro atoms. The smallest absolute Gasteiger partial charge is 0.318 e. The fourth-order valence-corrected chi connectivity index (χ4v) is 4.26. The first-order valence-corrected chi connectivity index (χ1v) is 11.1. The van der Waals surface area contributed by atoms with E-state index in [4.69, 9.17) is 16.3 Å². The number of nitro benzene ring substituents is 2. The fourth-order valence-electron chi connectivity index (χ4n) is 3.23. The van der Waals surface area contributed by atoms with Crippen LogP contribution in [-0.4, -0.2) is 25.9 Å². The van der Waals surface area contributed by atoms with E-state index in [9.17, 15) is 29.8 Å². The first kappa shape index (κ1) is 23.9. The largest absolute Gasteiger partial charge is 0.449 e. The minimum atomic E-state index is -0.787. The number of nitro groups is 2. The van der Waals surface area contributed by atoms with Crippen LogP contribution >= 0.6 is 23.4 Å². The molecule has 0 saturated carbocycles. The fraction of sp³-hybridized carbons (Fsp3) is 0.0435. The van der Waals surface area contributed by atoms with Gasteiger partial charge >= 0.3 is 5.69 Å². The highest BCUT2D eigenvalue weighted by Gasteiger charge is 2.35. The number of rotatable bonds is 7. The highest BCUT2D eigenvalue weighted by Crippen LogP contribution is 2.38. The summed E-state index contributed by atoms with van der Waals surface area (Å²) >= 11 is 6.90. The standard InChI is InChI=1S/C23H14ClN3O7S/c24-17-7-3-1-6-15(17)13-25-22(28)21(35-23(25)29)11-14-5-2-4-8-19(14)34-20-10-9-16(26(30)31)12-18(20)27(32)33/h1-12H,13H2/b21-11+. The maximum Gasteiger partial charge on any atom is 0.318 e. The van der Waals surface area contributed by atoms with E-state index in [2.05, 4.69) is 0 Å². The van der Waals surface area contributed by atoms with Gasteiger partial charge < -0.3 is 4.74 Å². The molecule has 0 radical (unpaired) electrons. The molecule has 4 rings (SSSR count). The maximum atomic E-state index is 12.9. The molecule has 1 saturated heterocycles. The molecule has 0 bridgehead atoms. The van der Waals surface area contributed by atoms with Crippen molar-refractivity contribution in [3.8, 4) is 11.5 Å². The summed E-state index contributed by atoms with van der Waals surface area (Å²) in [6, 6.07) is 16.3. The Bertz CT molecular complexity index is 1410. The predicted octanol–water partition coefficient (Wildman–Crippen LogP) is 6.19. The summed E-state index contributed by atoms with van der Waals surface area (Å²) in [4.78, 5) is 47.5. The second-order valence-corrected chi connectivity index (χ2v) is 8.57. The van der Waals surface area contributed by atoms with Gasteiger partial charge in [0.25, 0.3) is 16.8 Å². The van der Waals surface area contributed by atoms with Gasteiger partial charge in [0.15, 0.2) is 0 Å². The van der Waals surface area contributed by atoms with Crippen LogP contribution in [-0.2, 0) is 11.3 Å². The summed E-state index contributed by atoms with van der Waals surface area (Å²) in [6.45, 7) is 0.00875. The Hall–Kier alpha value is -4.22. The molecule has 2 amide bonds. The van der Waals surface area contributed by atoms with E-state index in [0.29, 0.717) is 16.1 Å². The average molecular weight is 512 g/mol. The molecular weight excluding hydrogens is 498 g/mol. The first-order valence-electron chi connectivity index (χ1n) is 9.93. The first-order chi connectivity index (χ1) is 16.7. The van der Waals surface area contributed by atoms with Crippen molar-refractivity contribution >= 4 is 52.0 Å². The molecule has 1 aliphatic rings. The number of carbonyl (C=O) groups is 2. The summed E-state index contributed by atoms with van der Waals surface area (Å²) in [5, 5.41) is 22.4. The van der Waals surface area contributed by atoms with Crippen molar-refractivity contribution in [1.82, 2.24) is 4.90 Å². The number of non-ortho nitro benzene ring substituents is 1. The van der Waals surface area contributed by atoms with Crippen molar-refractivity contribution in [3.63, 3.8) is 0 Å². The lowest BCUT2D eigenvalue weighted by atomic mass is 10.1. The quantitative estimate of drug-likeness (QED) is 0.208. The number of benzene rings is 3. The maximum absolute atomic E-state index is 12.9. The van der Waals surface area contributed by atoms with Gasteiger partial charge in [-0.25, -0.2) is 0 Å². The molecule has 3 aromatic rings. The van der Waals surface area contributed by atoms with Gasteiger partial charge in [-0.1, -0.05) is 48.0 Å². The summed E-state index contributed by atoms with van der Waals surface area (Å²) in [5.41, 5.74) is -0.0473. The van der Waals surface area contributed by atoms with Gasteiger partial charge in [0, 0.05) is 16.7 Å². The Labute approximate surface area is 207 Å². The molecule has 0 aliphatic carbocycles. The van der Waals surface area contributed by atoms with Gasteiger partial charge in [-0.15, -0.1) is 0 Å². The second-order valence-electron chi connectivity index (χ2n) is 7.17. The lowest BCUT2D eigenvalue weighted by Gasteiger charge is -2.13. The lowest BCUT2D eigenvalue weighted by Crippen LogP contribution is -2.27. The molecule has 10 nitrogen and oxygen atoms in total. The van der Waals surface area contributed by atoms with Crippen molar-refractivity contribution in [2.24, 2.45) is 0 Å². The Morgan fingerprint density at radius 1 is 0.943 bits per heavy atom. The number of amides is 2. The number of imide groups is 1. The van der Waals surface area contributed by atoms with E-state index in [1.165, 1.54) is 12.1 Å². The summed E-state index contributed by atoms with van der Waals surface area (Å²) in [5.74, 6) is -0.577. The number of carbonyl (C=O) groups excluding carboxylic acids is 2. The van der Waals surface area contributed by atoms with Crippen LogP contribution in [0.1, 0.15) is 11.1 Å². The topological polar surface area (TPSA) is 133 Å². The highest BCUT2D eigenvalue weighted by atomic mass is 35.5. The highest BCUT2D eigenvalue weighted by molar-refractivity contribution is 8.18. The third-order valence-corrected chi connectivity index (χ3v) is 6.21. The number of para-hydroxylation sites is 1. The van der Waals surface area contributed by atoms with E-state index in [-0.39, 0.29) is 22.9 Å². The Morgan fingerprint density at radius 2 is 1.66 bits per heavy atom. The number of hydrogen-bond acceptors (Lipinski definition) is 8. The van der Waals surface area contributed by atoms with Gasteiger partial charge in [-0.2, -0.15) is 0 Å². The zero-order chi connectivity index (χ0) is 25.1. The summed E-state index contributed by atoms with van der Waals surface area (Å²) in [7, 11) is 0. The van der Waals surface area contributed by atoms with Gasteiger partial charge in [0.05, 0.1) is 27.4 Å². The van der Waals surface area contributed by atoms with E-state index < -0.39 is 32.4 Å². The molecule has 1 aliphatic heterocycles. The van der Waals surface area contributed by atoms with Crippen LogP contribution < -0.4 is 4.74 Å². The van der Waals surface area contributed by atoms with E-state index in [1.807, 2.05) is 0 Å². The Balaban J connectivity index is 1.63. The van der Waals surface area contributed by atoms with Gasteiger partial charge in [-0.05, 0) is 41.6 Å². The molecule has 0 unspecified atom stereocenters. The van der Waals surface area contributed by atoms with E-state index >= 15 is 0 Å². The van der Waals surface area contributed by atoms with E-state index in [1.54, 1.807) is 42.5 Å². The third kappa shape index (κ3) is 5.15. The van der Waals surface area contributed by atoms with Crippen LogP contribution in [0.15, 0.2) is 71.6 Å². The number of ether oxygens (including phenoxy) is 1. The number of nitrogens with zero attached hydrogens (tertiary/aromatic N) is 3. The average Bonchev–Trinajstić information content (AvgIpc) is 3.09. The lowest BCUT2D eigenvalue weighted by molar-refractivity contribution is -0.394. The number of halogens is 1. The van der Waals surface area contributed by atoms with Crippen molar-refractivity contribution < 1.29 is 24.2 Å². The predicted molar refractivity (Wildman–Crippen MR) is 129 cm³/mol. The minimum absolute atomic E-state index is 0.00875. The second kappa shape index (κ2) is 9.95. The molecule has 0 atom stereocenters. The molecule has 0 N–H and O–H groups in total. The summed E-state index contributed by atoms with van der Waals surface area (Å²) < 4.78 is 5.70. The molecule has 176 valence electrons. The molecule has 1 heterocycles. The monoisotopic (exact) mass is 511 g/mol. The molecule has 35 heavy (non-hydrogen) atoms. The van der Waals surface area contributed by atoms with Crippen molar-refractivity contribution in [3.05, 3.63) is 108 Å². The molecule has 0 aromatic heterocycles. The summed E-state index contributed by atoms with van der Waals surface area (Å²) in [6.07, 6.45) is 1.45. The van der Waals surface area contributed by atoms with E-state index in [0.717, 1.165) is 34.9 Å². The zero-order valence-electron chi connectivity index (χ0n) is 17.6. The van der Waals surface area contributed by atoms with Crippen LogP contribution in [0.4, 0.5) is 16.2 Å². The number of hydrogen-bond donors (Lipinski definition) is 0. The van der Waals surface area contributed by atoms with Crippen LogP contribution in [0.3, 0.4) is 0 Å². The van der Waals surface area contributed by atoms with Gasteiger partial charge in [0.2, 0.25) is 5.75 Å². The molecular formula is C23H14ClN3O7S.